The van der Waals surface area contributed by atoms with Gasteiger partial charge in [0.1, 0.15) is 5.58 Å². The molecular formula is C34H22N4O4S2. The summed E-state index contributed by atoms with van der Waals surface area (Å²) in [4.78, 5) is 46.1. The first-order chi connectivity index (χ1) is 21.5. The molecule has 1 unspecified atom stereocenters. The van der Waals surface area contributed by atoms with Crippen LogP contribution in [0.3, 0.4) is 0 Å². The second-order valence-corrected chi connectivity index (χ2v) is 12.7. The highest BCUT2D eigenvalue weighted by Gasteiger charge is 2.66. The van der Waals surface area contributed by atoms with E-state index >= 15 is 0 Å². The summed E-state index contributed by atoms with van der Waals surface area (Å²) in [6, 6.07) is 28.3. The van der Waals surface area contributed by atoms with E-state index in [0.29, 0.717) is 21.3 Å². The Morgan fingerprint density at radius 3 is 2.50 bits per heavy atom. The van der Waals surface area contributed by atoms with Crippen LogP contribution in [0.25, 0.3) is 21.7 Å². The number of nitrogens with zero attached hydrogens (tertiary/aromatic N) is 4. The number of anilines is 2. The van der Waals surface area contributed by atoms with Crippen molar-refractivity contribution in [2.75, 3.05) is 16.3 Å². The van der Waals surface area contributed by atoms with Gasteiger partial charge in [0.2, 0.25) is 10.9 Å². The summed E-state index contributed by atoms with van der Waals surface area (Å²) < 4.78 is 6.74. The number of benzene rings is 4. The van der Waals surface area contributed by atoms with Gasteiger partial charge in [0.25, 0.3) is 11.8 Å². The normalized spacial score (nSPS) is 17.2. The lowest BCUT2D eigenvalue weighted by molar-refractivity contribution is -0.121. The molecule has 1 atom stereocenters. The lowest BCUT2D eigenvalue weighted by atomic mass is 9.84. The molecule has 2 amide bonds. The first-order valence-electron chi connectivity index (χ1n) is 13.9. The Balaban J connectivity index is 1.29. The highest BCUT2D eigenvalue weighted by molar-refractivity contribution is 8.00. The Hall–Kier alpha value is -5.06. The topological polar surface area (TPSA) is 96.6 Å². The summed E-state index contributed by atoms with van der Waals surface area (Å²) in [6.07, 6.45) is 1.62. The molecule has 44 heavy (non-hydrogen) atoms. The molecule has 4 aromatic carbocycles. The minimum Gasteiger partial charge on any atom is -0.450 e. The van der Waals surface area contributed by atoms with Crippen molar-refractivity contribution in [1.29, 1.82) is 0 Å². The average Bonchev–Trinajstić information content (AvgIpc) is 3.69. The van der Waals surface area contributed by atoms with Gasteiger partial charge in [-0.15, -0.1) is 16.8 Å². The van der Waals surface area contributed by atoms with Crippen LogP contribution in [0, 0.1) is 0 Å². The molecule has 1 spiro atoms. The van der Waals surface area contributed by atoms with Gasteiger partial charge in [0.15, 0.2) is 15.3 Å². The van der Waals surface area contributed by atoms with Gasteiger partial charge in [-0.05, 0) is 34.5 Å². The number of aromatic nitrogens is 2. The van der Waals surface area contributed by atoms with E-state index in [9.17, 15) is 14.4 Å². The molecule has 6 aromatic rings. The molecule has 0 bridgehead atoms. The van der Waals surface area contributed by atoms with Crippen LogP contribution in [0.4, 0.5) is 10.8 Å². The molecule has 214 valence electrons. The predicted octanol–water partition coefficient (Wildman–Crippen LogP) is 6.53. The van der Waals surface area contributed by atoms with E-state index in [1.54, 1.807) is 53.4 Å². The van der Waals surface area contributed by atoms with Crippen molar-refractivity contribution in [2.24, 2.45) is 0 Å². The zero-order valence-electron chi connectivity index (χ0n) is 23.1. The molecule has 0 N–H and O–H groups in total. The van der Waals surface area contributed by atoms with E-state index in [-0.39, 0.29) is 34.0 Å². The van der Waals surface area contributed by atoms with Gasteiger partial charge in [-0.1, -0.05) is 102 Å². The third-order valence-electron chi connectivity index (χ3n) is 8.16. The molecule has 0 aliphatic carbocycles. The van der Waals surface area contributed by atoms with Gasteiger partial charge in [-0.25, -0.2) is 0 Å². The van der Waals surface area contributed by atoms with Crippen LogP contribution in [0.2, 0.25) is 0 Å². The number of para-hydroxylation sites is 2. The van der Waals surface area contributed by atoms with Gasteiger partial charge < -0.3 is 9.32 Å². The Morgan fingerprint density at radius 1 is 0.886 bits per heavy atom. The summed E-state index contributed by atoms with van der Waals surface area (Å²) in [5.74, 6) is -0.602. The maximum atomic E-state index is 14.7. The van der Waals surface area contributed by atoms with E-state index in [4.69, 9.17) is 4.42 Å². The number of fused-ring (bicyclic) bond motifs is 6. The van der Waals surface area contributed by atoms with Crippen LogP contribution in [-0.2, 0) is 16.1 Å². The lowest BCUT2D eigenvalue weighted by Crippen LogP contribution is -2.53. The number of hydrogen-bond acceptors (Lipinski definition) is 8. The van der Waals surface area contributed by atoms with Gasteiger partial charge >= 0.3 is 0 Å². The van der Waals surface area contributed by atoms with E-state index in [2.05, 4.69) is 41.0 Å². The Morgan fingerprint density at radius 2 is 1.64 bits per heavy atom. The molecule has 8 rings (SSSR count). The quantitative estimate of drug-likeness (QED) is 0.120. The maximum Gasteiger partial charge on any atom is 0.297 e. The predicted molar refractivity (Wildman–Crippen MR) is 172 cm³/mol. The Bertz CT molecular complexity index is 2240. The zero-order valence-corrected chi connectivity index (χ0v) is 24.7. The van der Waals surface area contributed by atoms with Crippen LogP contribution in [0.15, 0.2) is 117 Å². The summed E-state index contributed by atoms with van der Waals surface area (Å²) in [5.41, 5.74) is 0.252. The van der Waals surface area contributed by atoms with Crippen molar-refractivity contribution in [3.63, 3.8) is 0 Å². The van der Waals surface area contributed by atoms with Gasteiger partial charge in [-0.2, -0.15) is 0 Å². The fourth-order valence-corrected chi connectivity index (χ4v) is 8.23. The standard InChI is InChI=1S/C34H22N4O4S2/c1-2-18-37-25-16-7-6-15-24(25)34(31(37)41)27-28(39)23-14-5-8-17-26(23)42-29(27)30(40)38(34)32-35-36-33(44-32)43-19-21-12-9-11-20-10-3-4-13-22(20)21/h2-17H,1,18-19H2. The second-order valence-electron chi connectivity index (χ2n) is 10.5. The lowest BCUT2D eigenvalue weighted by Gasteiger charge is -2.31. The Kier molecular flexibility index (Phi) is 6.04. The molecule has 2 aliphatic rings. The van der Waals surface area contributed by atoms with Crippen LogP contribution in [0.1, 0.15) is 27.2 Å². The number of rotatable bonds is 6. The van der Waals surface area contributed by atoms with E-state index in [0.717, 1.165) is 16.3 Å². The zero-order chi connectivity index (χ0) is 30.0. The van der Waals surface area contributed by atoms with E-state index < -0.39 is 22.8 Å². The minimum absolute atomic E-state index is 0.00892. The average molecular weight is 615 g/mol. The summed E-state index contributed by atoms with van der Waals surface area (Å²) in [6.45, 7) is 4.02. The summed E-state index contributed by atoms with van der Waals surface area (Å²) in [7, 11) is 0. The minimum atomic E-state index is -1.81. The van der Waals surface area contributed by atoms with Crippen LogP contribution < -0.4 is 15.2 Å². The van der Waals surface area contributed by atoms with Gasteiger partial charge in [0, 0.05) is 17.9 Å². The third-order valence-corrected chi connectivity index (χ3v) is 10.3. The molecule has 10 heteroatoms. The van der Waals surface area contributed by atoms with Gasteiger partial charge in [-0.3, -0.25) is 19.3 Å². The second kappa shape index (κ2) is 10.0. The maximum absolute atomic E-state index is 14.7. The van der Waals surface area contributed by atoms with Crippen molar-refractivity contribution in [1.82, 2.24) is 10.2 Å². The van der Waals surface area contributed by atoms with E-state index in [1.807, 2.05) is 24.3 Å². The smallest absolute Gasteiger partial charge is 0.297 e. The fraction of sp³-hybridized carbons (Fsp3) is 0.0882. The number of hydrogen-bond donors (Lipinski definition) is 0. The van der Waals surface area contributed by atoms with Crippen LogP contribution >= 0.6 is 23.1 Å². The Labute approximate surface area is 259 Å². The SMILES string of the molecule is C=CCN1C(=O)C2(c3ccccc31)c1c(oc3ccccc3c1=O)C(=O)N2c1nnc(SCc2cccc3ccccc23)s1. The molecule has 0 saturated carbocycles. The monoisotopic (exact) mass is 614 g/mol. The third kappa shape index (κ3) is 3.61. The number of carbonyl (C=O) groups is 2. The molecule has 0 fully saturated rings. The number of thioether (sulfide) groups is 1. The van der Waals surface area contributed by atoms with Crippen LogP contribution in [-0.4, -0.2) is 28.6 Å². The first kappa shape index (κ1) is 26.6. The van der Waals surface area contributed by atoms with Crippen molar-refractivity contribution < 1.29 is 14.0 Å². The van der Waals surface area contributed by atoms with E-state index in [1.165, 1.54) is 28.0 Å². The number of amides is 2. The largest absolute Gasteiger partial charge is 0.450 e. The summed E-state index contributed by atoms with van der Waals surface area (Å²) >= 11 is 2.70. The van der Waals surface area contributed by atoms with Gasteiger partial charge in [0.05, 0.1) is 16.6 Å². The molecule has 2 aliphatic heterocycles. The fourth-order valence-electron chi connectivity index (χ4n) is 6.33. The van der Waals surface area contributed by atoms with Crippen molar-refractivity contribution in [3.8, 4) is 0 Å². The molecule has 2 aromatic heterocycles. The molecular weight excluding hydrogens is 593 g/mol. The molecule has 0 radical (unpaired) electrons. The highest BCUT2D eigenvalue weighted by Crippen LogP contribution is 2.54. The molecule has 8 nitrogen and oxygen atoms in total. The number of carbonyl (C=O) groups excluding carboxylic acids is 2. The van der Waals surface area contributed by atoms with Crippen molar-refractivity contribution in [2.45, 2.75) is 15.6 Å². The highest BCUT2D eigenvalue weighted by atomic mass is 32.2. The van der Waals surface area contributed by atoms with Crippen LogP contribution in [0.5, 0.6) is 0 Å². The summed E-state index contributed by atoms with van der Waals surface area (Å²) in [5, 5.41) is 11.6. The van der Waals surface area contributed by atoms with Crippen molar-refractivity contribution >= 4 is 67.5 Å². The molecule has 0 saturated heterocycles. The first-order valence-corrected chi connectivity index (χ1v) is 15.7. The van der Waals surface area contributed by atoms with Crippen molar-refractivity contribution in [3.05, 3.63) is 136 Å². The molecule has 4 heterocycles.